The molecule has 1 aliphatic rings. The lowest BCUT2D eigenvalue weighted by molar-refractivity contribution is -0.137. The first-order valence-electron chi connectivity index (χ1n) is 9.49. The van der Waals surface area contributed by atoms with Gasteiger partial charge in [0.05, 0.1) is 26.2 Å². The quantitative estimate of drug-likeness (QED) is 0.649. The summed E-state index contributed by atoms with van der Waals surface area (Å²) in [5, 5.41) is 0. The predicted octanol–water partition coefficient (Wildman–Crippen LogP) is 4.50. The van der Waals surface area contributed by atoms with Gasteiger partial charge in [0.25, 0.3) is 0 Å². The Hall–Kier alpha value is -1.91. The minimum absolute atomic E-state index is 0.0324. The molecule has 10 heteroatoms. The summed E-state index contributed by atoms with van der Waals surface area (Å²) in [4.78, 5) is -0.237. The van der Waals surface area contributed by atoms with Crippen LogP contribution in [0.1, 0.15) is 42.6 Å². The van der Waals surface area contributed by atoms with Crippen LogP contribution in [0.2, 0.25) is 0 Å². The maximum absolute atomic E-state index is 13.3. The summed E-state index contributed by atoms with van der Waals surface area (Å²) in [5.41, 5.74) is 0.263. The van der Waals surface area contributed by atoms with Crippen LogP contribution in [0.4, 0.5) is 13.2 Å². The van der Waals surface area contributed by atoms with Crippen LogP contribution in [0.5, 0.6) is 0 Å². The Morgan fingerprint density at radius 1 is 1.03 bits per heavy atom. The zero-order valence-electron chi connectivity index (χ0n) is 17.2. The molecular formula is C21H23F3O5S2. The van der Waals surface area contributed by atoms with Crippen molar-refractivity contribution in [2.45, 2.75) is 53.5 Å². The van der Waals surface area contributed by atoms with Crippen molar-refractivity contribution in [1.82, 2.24) is 0 Å². The lowest BCUT2D eigenvalue weighted by Crippen LogP contribution is -2.42. The summed E-state index contributed by atoms with van der Waals surface area (Å²) in [7, 11) is -7.51. The molecule has 0 spiro atoms. The lowest BCUT2D eigenvalue weighted by Gasteiger charge is -2.38. The third kappa shape index (κ3) is 4.65. The maximum Gasteiger partial charge on any atom is 0.416 e. The van der Waals surface area contributed by atoms with Crippen LogP contribution in [0.25, 0.3) is 0 Å². The molecule has 0 aliphatic carbocycles. The van der Waals surface area contributed by atoms with Gasteiger partial charge >= 0.3 is 6.18 Å². The molecular weight excluding hydrogens is 453 g/mol. The topological polar surface area (TPSA) is 77.5 Å². The summed E-state index contributed by atoms with van der Waals surface area (Å²) in [5.74, 6) is 0. The van der Waals surface area contributed by atoms with Gasteiger partial charge in [-0.1, -0.05) is 12.1 Å². The van der Waals surface area contributed by atoms with E-state index in [0.29, 0.717) is 17.2 Å². The smallest absolute Gasteiger partial charge is 0.373 e. The number of rotatable bonds is 4. The van der Waals surface area contributed by atoms with Gasteiger partial charge in [0.2, 0.25) is 0 Å². The molecule has 0 saturated carbocycles. The maximum atomic E-state index is 13.3. The molecule has 3 rings (SSSR count). The van der Waals surface area contributed by atoms with Crippen LogP contribution in [-0.4, -0.2) is 34.4 Å². The number of hydrogen-bond donors (Lipinski definition) is 0. The zero-order valence-corrected chi connectivity index (χ0v) is 18.9. The number of halogens is 3. The van der Waals surface area contributed by atoms with E-state index in [-0.39, 0.29) is 29.2 Å². The van der Waals surface area contributed by atoms with Crippen LogP contribution in [0.3, 0.4) is 0 Å². The third-order valence-corrected chi connectivity index (χ3v) is 9.36. The van der Waals surface area contributed by atoms with E-state index < -0.39 is 42.3 Å². The molecule has 1 heterocycles. The second-order valence-electron chi connectivity index (χ2n) is 8.08. The van der Waals surface area contributed by atoms with Crippen molar-refractivity contribution in [2.24, 2.45) is 0 Å². The standard InChI is InChI=1S/C21H23F3O5S2/c1-14-11-16(30(3,25)26)7-8-18(14)19-13-20(2,9-10-29-19)31(27,28)17-6-4-5-15(12-17)21(22,23)24/h4-8,11-12,19H,9-10,13H2,1-3H3. The van der Waals surface area contributed by atoms with E-state index >= 15 is 0 Å². The van der Waals surface area contributed by atoms with E-state index in [1.807, 2.05) is 0 Å². The Balaban J connectivity index is 1.97. The monoisotopic (exact) mass is 476 g/mol. The lowest BCUT2D eigenvalue weighted by atomic mass is 9.90. The molecule has 1 fully saturated rings. The highest BCUT2D eigenvalue weighted by molar-refractivity contribution is 7.92. The number of sulfone groups is 2. The molecule has 2 aromatic rings. The molecule has 0 bridgehead atoms. The first kappa shape index (κ1) is 23.7. The van der Waals surface area contributed by atoms with Crippen LogP contribution < -0.4 is 0 Å². The van der Waals surface area contributed by atoms with E-state index in [2.05, 4.69) is 0 Å². The van der Waals surface area contributed by atoms with E-state index in [9.17, 15) is 30.0 Å². The minimum Gasteiger partial charge on any atom is -0.373 e. The SMILES string of the molecule is Cc1cc(S(C)(=O)=O)ccc1C1CC(C)(S(=O)(=O)c2cccc(C(F)(F)F)c2)CCO1. The van der Waals surface area contributed by atoms with Crippen molar-refractivity contribution < 1.29 is 34.7 Å². The summed E-state index contributed by atoms with van der Waals surface area (Å²) in [6, 6.07) is 8.29. The van der Waals surface area contributed by atoms with E-state index in [1.54, 1.807) is 13.0 Å². The van der Waals surface area contributed by atoms with Crippen LogP contribution in [0.15, 0.2) is 52.3 Å². The van der Waals surface area contributed by atoms with Gasteiger partial charge in [0, 0.05) is 12.9 Å². The third-order valence-electron chi connectivity index (χ3n) is 5.70. The average Bonchev–Trinajstić information content (AvgIpc) is 2.66. The molecule has 2 atom stereocenters. The molecule has 0 N–H and O–H groups in total. The highest BCUT2D eigenvalue weighted by atomic mass is 32.2. The molecule has 0 aromatic heterocycles. The number of hydrogen-bond acceptors (Lipinski definition) is 5. The van der Waals surface area contributed by atoms with Crippen LogP contribution in [0, 0.1) is 6.92 Å². The van der Waals surface area contributed by atoms with Crippen molar-refractivity contribution in [2.75, 3.05) is 12.9 Å². The van der Waals surface area contributed by atoms with Gasteiger partial charge in [0.15, 0.2) is 19.7 Å². The number of aryl methyl sites for hydroxylation is 1. The van der Waals surface area contributed by atoms with E-state index in [1.165, 1.54) is 25.1 Å². The number of ether oxygens (including phenoxy) is 1. The number of alkyl halides is 3. The van der Waals surface area contributed by atoms with Crippen molar-refractivity contribution >= 4 is 19.7 Å². The van der Waals surface area contributed by atoms with Gasteiger partial charge in [-0.3, -0.25) is 0 Å². The normalized spacial score (nSPS) is 23.0. The van der Waals surface area contributed by atoms with Gasteiger partial charge in [-0.15, -0.1) is 0 Å². The summed E-state index contributed by atoms with van der Waals surface area (Å²) < 4.78 is 93.9. The fraction of sp³-hybridized carbons (Fsp3) is 0.429. The van der Waals surface area contributed by atoms with Crippen LogP contribution in [-0.2, 0) is 30.6 Å². The second kappa shape index (κ2) is 7.90. The van der Waals surface area contributed by atoms with Crippen molar-refractivity contribution in [3.05, 3.63) is 59.2 Å². The molecule has 1 saturated heterocycles. The van der Waals surface area contributed by atoms with Crippen molar-refractivity contribution in [3.8, 4) is 0 Å². The Morgan fingerprint density at radius 3 is 2.29 bits per heavy atom. The van der Waals surface area contributed by atoms with E-state index in [4.69, 9.17) is 4.74 Å². The molecule has 0 amide bonds. The van der Waals surface area contributed by atoms with Gasteiger partial charge in [0.1, 0.15) is 0 Å². The fourth-order valence-electron chi connectivity index (χ4n) is 3.78. The average molecular weight is 477 g/mol. The Labute approximate surface area is 180 Å². The molecule has 2 aromatic carbocycles. The summed E-state index contributed by atoms with van der Waals surface area (Å²) in [6.45, 7) is 3.32. The Bertz CT molecular complexity index is 1200. The van der Waals surface area contributed by atoms with Crippen molar-refractivity contribution in [1.29, 1.82) is 0 Å². The second-order valence-corrected chi connectivity index (χ2v) is 12.6. The minimum atomic E-state index is -4.65. The highest BCUT2D eigenvalue weighted by Crippen LogP contribution is 2.43. The van der Waals surface area contributed by atoms with Gasteiger partial charge in [-0.05, 0) is 68.1 Å². The first-order chi connectivity index (χ1) is 14.1. The molecule has 0 radical (unpaired) electrons. The van der Waals surface area contributed by atoms with Crippen molar-refractivity contribution in [3.63, 3.8) is 0 Å². The first-order valence-corrected chi connectivity index (χ1v) is 12.9. The summed E-state index contributed by atoms with van der Waals surface area (Å²) in [6.07, 6.45) is -4.03. The van der Waals surface area contributed by atoms with Gasteiger partial charge in [-0.25, -0.2) is 16.8 Å². The largest absolute Gasteiger partial charge is 0.416 e. The van der Waals surface area contributed by atoms with Gasteiger partial charge in [-0.2, -0.15) is 13.2 Å². The van der Waals surface area contributed by atoms with Gasteiger partial charge < -0.3 is 4.74 Å². The predicted molar refractivity (Wildman–Crippen MR) is 109 cm³/mol. The molecule has 2 unspecified atom stereocenters. The molecule has 31 heavy (non-hydrogen) atoms. The Kier molecular flexibility index (Phi) is 6.05. The van der Waals surface area contributed by atoms with E-state index in [0.717, 1.165) is 18.4 Å². The fourth-order valence-corrected chi connectivity index (χ4v) is 6.32. The molecule has 5 nitrogen and oxygen atoms in total. The number of benzene rings is 2. The highest BCUT2D eigenvalue weighted by Gasteiger charge is 2.46. The summed E-state index contributed by atoms with van der Waals surface area (Å²) >= 11 is 0. The van der Waals surface area contributed by atoms with Crippen LogP contribution >= 0.6 is 0 Å². The Morgan fingerprint density at radius 2 is 1.71 bits per heavy atom. The zero-order chi connectivity index (χ0) is 23.2. The molecule has 1 aliphatic heterocycles. The molecule has 170 valence electrons.